The molecule has 4 N–H and O–H groups in total. The van der Waals surface area contributed by atoms with E-state index in [1.165, 1.54) is 0 Å². The first kappa shape index (κ1) is 14.1. The fourth-order valence-corrected chi connectivity index (χ4v) is 2.13. The average molecular weight is 272 g/mol. The van der Waals surface area contributed by atoms with Crippen LogP contribution in [0.25, 0.3) is 0 Å². The highest BCUT2D eigenvalue weighted by Crippen LogP contribution is 2.28. The van der Waals surface area contributed by atoms with Crippen molar-refractivity contribution in [2.75, 3.05) is 11.1 Å². The molecule has 0 aliphatic heterocycles. The van der Waals surface area contributed by atoms with Crippen LogP contribution in [0, 0.1) is 13.8 Å². The molecule has 1 aromatic heterocycles. The van der Waals surface area contributed by atoms with E-state index in [4.69, 9.17) is 5.73 Å². The molecular formula is C15H20N4O. The van der Waals surface area contributed by atoms with E-state index in [1.807, 2.05) is 25.1 Å². The van der Waals surface area contributed by atoms with Gasteiger partial charge in [-0.05, 0) is 30.9 Å². The van der Waals surface area contributed by atoms with Crippen LogP contribution < -0.4 is 11.1 Å². The summed E-state index contributed by atoms with van der Waals surface area (Å²) in [5.41, 5.74) is 10.1. The molecule has 0 atom stereocenters. The van der Waals surface area contributed by atoms with Crippen LogP contribution >= 0.6 is 0 Å². The number of rotatable bonds is 3. The quantitative estimate of drug-likeness (QED) is 0.803. The smallest absolute Gasteiger partial charge is 0.278 e. The maximum absolute atomic E-state index is 12.3. The molecule has 0 saturated carbocycles. The zero-order valence-corrected chi connectivity index (χ0v) is 12.2. The van der Waals surface area contributed by atoms with Gasteiger partial charge in [-0.1, -0.05) is 32.0 Å². The molecule has 20 heavy (non-hydrogen) atoms. The van der Waals surface area contributed by atoms with Gasteiger partial charge in [0.2, 0.25) is 0 Å². The number of hydrogen-bond donors (Lipinski definition) is 3. The molecule has 1 aromatic carbocycles. The van der Waals surface area contributed by atoms with Gasteiger partial charge in [-0.3, -0.25) is 9.89 Å². The van der Waals surface area contributed by atoms with E-state index in [0.717, 1.165) is 16.8 Å². The van der Waals surface area contributed by atoms with Gasteiger partial charge in [0.05, 0.1) is 11.4 Å². The van der Waals surface area contributed by atoms with Crippen LogP contribution in [0.2, 0.25) is 0 Å². The number of aryl methyl sites for hydroxylation is 2. The molecule has 106 valence electrons. The Hall–Kier alpha value is -2.30. The fraction of sp³-hybridized carbons (Fsp3) is 0.333. The molecule has 5 nitrogen and oxygen atoms in total. The van der Waals surface area contributed by atoms with Crippen molar-refractivity contribution in [3.05, 3.63) is 40.7 Å². The van der Waals surface area contributed by atoms with Gasteiger partial charge in [0.25, 0.3) is 5.91 Å². The normalized spacial score (nSPS) is 10.8. The van der Waals surface area contributed by atoms with Crippen LogP contribution in [0.1, 0.15) is 47.1 Å². The number of carbonyl (C=O) groups excluding carboxylic acids is 1. The van der Waals surface area contributed by atoms with Gasteiger partial charge in [0.15, 0.2) is 5.69 Å². The highest BCUT2D eigenvalue weighted by molar-refractivity contribution is 6.07. The monoisotopic (exact) mass is 272 g/mol. The number of anilines is 2. The molecule has 5 heteroatoms. The number of hydrogen-bond acceptors (Lipinski definition) is 3. The molecular weight excluding hydrogens is 252 g/mol. The second-order valence-corrected chi connectivity index (χ2v) is 5.26. The number of carbonyl (C=O) groups is 1. The minimum absolute atomic E-state index is 0.237. The third-order valence-corrected chi connectivity index (χ3v) is 3.38. The SMILES string of the molecule is Cc1cccc(C(C)C)c1NC(=O)c1n[nH]c(C)c1N. The molecule has 0 fully saturated rings. The third-order valence-electron chi connectivity index (χ3n) is 3.38. The lowest BCUT2D eigenvalue weighted by atomic mass is 9.98. The largest absolute Gasteiger partial charge is 0.395 e. The summed E-state index contributed by atoms with van der Waals surface area (Å²) in [4.78, 5) is 12.3. The van der Waals surface area contributed by atoms with Gasteiger partial charge >= 0.3 is 0 Å². The van der Waals surface area contributed by atoms with Gasteiger partial charge < -0.3 is 11.1 Å². The zero-order chi connectivity index (χ0) is 14.9. The lowest BCUT2D eigenvalue weighted by Crippen LogP contribution is -2.16. The topological polar surface area (TPSA) is 83.8 Å². The molecule has 0 aliphatic carbocycles. The minimum atomic E-state index is -0.289. The van der Waals surface area contributed by atoms with Gasteiger partial charge in [-0.25, -0.2) is 0 Å². The minimum Gasteiger partial charge on any atom is -0.395 e. The third kappa shape index (κ3) is 2.52. The Kier molecular flexibility index (Phi) is 3.79. The van der Waals surface area contributed by atoms with Crippen molar-refractivity contribution < 1.29 is 4.79 Å². The number of amides is 1. The second-order valence-electron chi connectivity index (χ2n) is 5.26. The predicted molar refractivity (Wildman–Crippen MR) is 81.0 cm³/mol. The van der Waals surface area contributed by atoms with Crippen molar-refractivity contribution in [2.45, 2.75) is 33.6 Å². The lowest BCUT2D eigenvalue weighted by molar-refractivity contribution is 0.102. The van der Waals surface area contributed by atoms with Crippen LogP contribution in [-0.2, 0) is 0 Å². The molecule has 0 saturated heterocycles. The van der Waals surface area contributed by atoms with E-state index in [9.17, 15) is 4.79 Å². The first-order valence-electron chi connectivity index (χ1n) is 6.63. The molecule has 0 bridgehead atoms. The number of nitrogens with two attached hydrogens (primary N) is 1. The second kappa shape index (κ2) is 5.36. The molecule has 1 heterocycles. The van der Waals surface area contributed by atoms with Crippen molar-refractivity contribution in [3.8, 4) is 0 Å². The number of H-pyrrole nitrogens is 1. The summed E-state index contributed by atoms with van der Waals surface area (Å²) in [6, 6.07) is 5.99. The Morgan fingerprint density at radius 1 is 1.35 bits per heavy atom. The van der Waals surface area contributed by atoms with Crippen molar-refractivity contribution in [1.29, 1.82) is 0 Å². The number of benzene rings is 1. The molecule has 1 amide bonds. The summed E-state index contributed by atoms with van der Waals surface area (Å²) in [6.45, 7) is 7.95. The Labute approximate surface area is 118 Å². The van der Waals surface area contributed by atoms with E-state index >= 15 is 0 Å². The van der Waals surface area contributed by atoms with Crippen LogP contribution in [0.5, 0.6) is 0 Å². The fourth-order valence-electron chi connectivity index (χ4n) is 2.13. The highest BCUT2D eigenvalue weighted by Gasteiger charge is 2.18. The van der Waals surface area contributed by atoms with Crippen molar-refractivity contribution in [1.82, 2.24) is 10.2 Å². The summed E-state index contributed by atoms with van der Waals surface area (Å²) >= 11 is 0. The number of aromatic amines is 1. The number of nitrogen functional groups attached to an aromatic ring is 1. The molecule has 0 unspecified atom stereocenters. The van der Waals surface area contributed by atoms with E-state index in [2.05, 4.69) is 29.4 Å². The van der Waals surface area contributed by atoms with Crippen molar-refractivity contribution in [2.24, 2.45) is 0 Å². The summed E-state index contributed by atoms with van der Waals surface area (Å²) < 4.78 is 0. The maximum Gasteiger partial charge on any atom is 0.278 e. The molecule has 2 aromatic rings. The van der Waals surface area contributed by atoms with E-state index in [0.29, 0.717) is 17.3 Å². The van der Waals surface area contributed by atoms with Gasteiger partial charge in [-0.15, -0.1) is 0 Å². The van der Waals surface area contributed by atoms with Crippen LogP contribution in [0.3, 0.4) is 0 Å². The molecule has 2 rings (SSSR count). The highest BCUT2D eigenvalue weighted by atomic mass is 16.2. The van der Waals surface area contributed by atoms with Crippen LogP contribution in [0.4, 0.5) is 11.4 Å². The standard InChI is InChI=1S/C15H20N4O/c1-8(2)11-7-5-6-9(3)13(11)17-15(20)14-12(16)10(4)18-19-14/h5-8H,16H2,1-4H3,(H,17,20)(H,18,19). The van der Waals surface area contributed by atoms with Crippen molar-refractivity contribution in [3.63, 3.8) is 0 Å². The van der Waals surface area contributed by atoms with Crippen LogP contribution in [0.15, 0.2) is 18.2 Å². The molecule has 0 radical (unpaired) electrons. The summed E-state index contributed by atoms with van der Waals surface area (Å²) in [5.74, 6) is 0.0338. The van der Waals surface area contributed by atoms with E-state index in [-0.39, 0.29) is 11.6 Å². The van der Waals surface area contributed by atoms with E-state index in [1.54, 1.807) is 6.92 Å². The van der Waals surface area contributed by atoms with Crippen LogP contribution in [-0.4, -0.2) is 16.1 Å². The summed E-state index contributed by atoms with van der Waals surface area (Å²) in [5, 5.41) is 9.60. The van der Waals surface area contributed by atoms with Gasteiger partial charge in [-0.2, -0.15) is 5.10 Å². The Morgan fingerprint density at radius 2 is 2.05 bits per heavy atom. The predicted octanol–water partition coefficient (Wildman–Crippen LogP) is 2.98. The average Bonchev–Trinajstić information content (AvgIpc) is 2.72. The number of nitrogens with one attached hydrogen (secondary N) is 2. The Balaban J connectivity index is 2.35. The first-order valence-corrected chi connectivity index (χ1v) is 6.63. The first-order chi connectivity index (χ1) is 9.41. The number of aromatic nitrogens is 2. The Bertz CT molecular complexity index is 643. The summed E-state index contributed by atoms with van der Waals surface area (Å²) in [6.07, 6.45) is 0. The van der Waals surface area contributed by atoms with Gasteiger partial charge in [0, 0.05) is 5.69 Å². The Morgan fingerprint density at radius 3 is 2.60 bits per heavy atom. The zero-order valence-electron chi connectivity index (χ0n) is 12.2. The lowest BCUT2D eigenvalue weighted by Gasteiger charge is -2.16. The summed E-state index contributed by atoms with van der Waals surface area (Å²) in [7, 11) is 0. The molecule has 0 spiro atoms. The van der Waals surface area contributed by atoms with E-state index < -0.39 is 0 Å². The maximum atomic E-state index is 12.3. The molecule has 0 aliphatic rings. The number of para-hydroxylation sites is 1. The van der Waals surface area contributed by atoms with Gasteiger partial charge in [0.1, 0.15) is 0 Å². The van der Waals surface area contributed by atoms with Crippen molar-refractivity contribution >= 4 is 17.3 Å². The number of nitrogens with zero attached hydrogens (tertiary/aromatic N) is 1.